The van der Waals surface area contributed by atoms with E-state index >= 15 is 0 Å². The van der Waals surface area contributed by atoms with Crippen molar-refractivity contribution in [2.75, 3.05) is 6.54 Å². The lowest BCUT2D eigenvalue weighted by Crippen LogP contribution is -2.52. The van der Waals surface area contributed by atoms with Gasteiger partial charge in [0.2, 0.25) is 0 Å². The van der Waals surface area contributed by atoms with Gasteiger partial charge in [-0.2, -0.15) is 0 Å². The third-order valence-corrected chi connectivity index (χ3v) is 5.82. The fraction of sp³-hybridized carbons (Fsp3) is 0.944. The normalized spacial score (nSPS) is 32.2. The molecule has 2 heteroatoms. The first kappa shape index (κ1) is 16.0. The summed E-state index contributed by atoms with van der Waals surface area (Å²) in [5, 5.41) is 0. The number of carbonyl (C=O) groups is 1. The maximum absolute atomic E-state index is 13.2. The van der Waals surface area contributed by atoms with Crippen molar-refractivity contribution in [1.29, 1.82) is 0 Å². The summed E-state index contributed by atoms with van der Waals surface area (Å²) in [4.78, 5) is 15.7. The van der Waals surface area contributed by atoms with Gasteiger partial charge in [-0.3, -0.25) is 9.69 Å². The van der Waals surface area contributed by atoms with Gasteiger partial charge >= 0.3 is 0 Å². The third-order valence-electron chi connectivity index (χ3n) is 5.82. The average molecular weight is 279 g/mol. The van der Waals surface area contributed by atoms with Crippen LogP contribution in [0.25, 0.3) is 0 Å². The number of ketones is 1. The lowest BCUT2D eigenvalue weighted by molar-refractivity contribution is -0.135. The van der Waals surface area contributed by atoms with Crippen molar-refractivity contribution >= 4 is 5.78 Å². The molecule has 2 nitrogen and oxygen atoms in total. The molecule has 3 atom stereocenters. The van der Waals surface area contributed by atoms with Crippen molar-refractivity contribution in [2.45, 2.75) is 85.2 Å². The predicted octanol–water partition coefficient (Wildman–Crippen LogP) is 4.28. The molecule has 116 valence electrons. The van der Waals surface area contributed by atoms with Gasteiger partial charge in [0.25, 0.3) is 0 Å². The van der Waals surface area contributed by atoms with Crippen LogP contribution in [0.4, 0.5) is 0 Å². The molecule has 0 amide bonds. The molecule has 1 saturated heterocycles. The highest BCUT2D eigenvalue weighted by Crippen LogP contribution is 2.45. The second kappa shape index (κ2) is 5.44. The minimum Gasteiger partial charge on any atom is -0.297 e. The Balaban J connectivity index is 2.31. The first-order chi connectivity index (χ1) is 9.18. The second-order valence-electron chi connectivity index (χ2n) is 8.58. The summed E-state index contributed by atoms with van der Waals surface area (Å²) in [6, 6.07) is 0.162. The molecular formula is C18H33NO. The number of hydrogen-bond donors (Lipinski definition) is 0. The van der Waals surface area contributed by atoms with E-state index in [1.165, 1.54) is 25.7 Å². The maximum Gasteiger partial charge on any atom is 0.155 e. The van der Waals surface area contributed by atoms with Crippen molar-refractivity contribution in [3.05, 3.63) is 0 Å². The van der Waals surface area contributed by atoms with E-state index in [-0.39, 0.29) is 17.0 Å². The van der Waals surface area contributed by atoms with Crippen LogP contribution in [0.2, 0.25) is 0 Å². The van der Waals surface area contributed by atoms with Crippen LogP contribution in [-0.2, 0) is 4.79 Å². The van der Waals surface area contributed by atoms with Crippen molar-refractivity contribution in [3.63, 3.8) is 0 Å². The zero-order valence-corrected chi connectivity index (χ0v) is 14.3. The summed E-state index contributed by atoms with van der Waals surface area (Å²) in [7, 11) is 0. The minimum absolute atomic E-state index is 0.0987. The van der Waals surface area contributed by atoms with Crippen molar-refractivity contribution in [2.24, 2.45) is 17.3 Å². The van der Waals surface area contributed by atoms with E-state index in [2.05, 4.69) is 46.4 Å². The summed E-state index contributed by atoms with van der Waals surface area (Å²) in [5.74, 6) is 1.86. The molecule has 2 aliphatic rings. The van der Waals surface area contributed by atoms with Gasteiger partial charge in [0.05, 0.1) is 6.04 Å². The summed E-state index contributed by atoms with van der Waals surface area (Å²) in [6.45, 7) is 14.3. The van der Waals surface area contributed by atoms with Gasteiger partial charge in [-0.1, -0.05) is 33.6 Å². The highest BCUT2D eigenvalue weighted by molar-refractivity contribution is 5.89. The molecule has 1 saturated carbocycles. The Labute approximate surface area is 125 Å². The molecule has 0 bridgehead atoms. The number of hydrogen-bond acceptors (Lipinski definition) is 2. The van der Waals surface area contributed by atoms with Gasteiger partial charge in [-0.05, 0) is 51.9 Å². The van der Waals surface area contributed by atoms with E-state index in [4.69, 9.17) is 0 Å². The topological polar surface area (TPSA) is 20.3 Å². The van der Waals surface area contributed by atoms with Crippen LogP contribution in [0.15, 0.2) is 0 Å². The smallest absolute Gasteiger partial charge is 0.155 e. The van der Waals surface area contributed by atoms with Gasteiger partial charge < -0.3 is 0 Å². The standard InChI is InChI=1S/C18H33NO/c1-7-18(5,6)16(20)15-14-11-9-8-10-13(14)12-19(15)17(2,3)4/h13-15H,7-12H2,1-6H3/t13-,14-,15-/m0/s1. The summed E-state index contributed by atoms with van der Waals surface area (Å²) in [6.07, 6.45) is 6.20. The van der Waals surface area contributed by atoms with Gasteiger partial charge in [-0.15, -0.1) is 0 Å². The number of Topliss-reactive ketones (excluding diaryl/α,β-unsaturated/α-hetero) is 1. The molecule has 1 aliphatic carbocycles. The zero-order chi connectivity index (χ0) is 15.1. The van der Waals surface area contributed by atoms with Gasteiger partial charge in [0.15, 0.2) is 5.78 Å². The average Bonchev–Trinajstić information content (AvgIpc) is 2.77. The quantitative estimate of drug-likeness (QED) is 0.768. The molecule has 0 unspecified atom stereocenters. The van der Waals surface area contributed by atoms with E-state index in [9.17, 15) is 4.79 Å². The molecule has 0 radical (unpaired) electrons. The molecular weight excluding hydrogens is 246 g/mol. The molecule has 20 heavy (non-hydrogen) atoms. The maximum atomic E-state index is 13.2. The Kier molecular flexibility index (Phi) is 4.35. The van der Waals surface area contributed by atoms with E-state index in [0.717, 1.165) is 18.9 Å². The number of rotatable bonds is 3. The van der Waals surface area contributed by atoms with Crippen LogP contribution in [0.3, 0.4) is 0 Å². The molecule has 0 N–H and O–H groups in total. The van der Waals surface area contributed by atoms with Crippen LogP contribution < -0.4 is 0 Å². The van der Waals surface area contributed by atoms with E-state index < -0.39 is 0 Å². The Hall–Kier alpha value is -0.370. The number of nitrogens with zero attached hydrogens (tertiary/aromatic N) is 1. The molecule has 0 aromatic rings. The molecule has 1 heterocycles. The molecule has 2 rings (SSSR count). The fourth-order valence-electron chi connectivity index (χ4n) is 4.08. The van der Waals surface area contributed by atoms with Crippen molar-refractivity contribution < 1.29 is 4.79 Å². The lowest BCUT2D eigenvalue weighted by atomic mass is 9.72. The van der Waals surface area contributed by atoms with Gasteiger partial charge in [0.1, 0.15) is 0 Å². The Morgan fingerprint density at radius 1 is 1.10 bits per heavy atom. The number of fused-ring (bicyclic) bond motifs is 1. The SMILES string of the molecule is CCC(C)(C)C(=O)[C@@H]1[C@H]2CCCC[C@H]2CN1C(C)(C)C. The van der Waals surface area contributed by atoms with Crippen LogP contribution >= 0.6 is 0 Å². The third kappa shape index (κ3) is 2.81. The minimum atomic E-state index is -0.180. The van der Waals surface area contributed by atoms with Crippen molar-refractivity contribution in [1.82, 2.24) is 4.90 Å². The highest BCUT2D eigenvalue weighted by Gasteiger charge is 2.51. The first-order valence-electron chi connectivity index (χ1n) is 8.49. The molecule has 0 aromatic heterocycles. The number of likely N-dealkylation sites (tertiary alicyclic amines) is 1. The van der Waals surface area contributed by atoms with E-state index in [1.807, 2.05) is 0 Å². The van der Waals surface area contributed by atoms with E-state index in [0.29, 0.717) is 11.7 Å². The van der Waals surface area contributed by atoms with Crippen LogP contribution in [0, 0.1) is 17.3 Å². The van der Waals surface area contributed by atoms with Gasteiger partial charge in [-0.25, -0.2) is 0 Å². The van der Waals surface area contributed by atoms with Gasteiger partial charge in [0, 0.05) is 17.5 Å². The molecule has 2 fully saturated rings. The lowest BCUT2D eigenvalue weighted by Gasteiger charge is -2.40. The highest BCUT2D eigenvalue weighted by atomic mass is 16.1. The molecule has 1 aliphatic heterocycles. The second-order valence-corrected chi connectivity index (χ2v) is 8.58. The summed E-state index contributed by atoms with van der Waals surface area (Å²) >= 11 is 0. The Morgan fingerprint density at radius 3 is 2.25 bits per heavy atom. The van der Waals surface area contributed by atoms with Crippen LogP contribution in [-0.4, -0.2) is 28.8 Å². The van der Waals surface area contributed by atoms with Crippen molar-refractivity contribution in [3.8, 4) is 0 Å². The summed E-state index contributed by atoms with van der Waals surface area (Å²) < 4.78 is 0. The largest absolute Gasteiger partial charge is 0.297 e. The number of carbonyl (C=O) groups excluding carboxylic acids is 1. The monoisotopic (exact) mass is 279 g/mol. The van der Waals surface area contributed by atoms with Crippen LogP contribution in [0.1, 0.15) is 73.6 Å². The Morgan fingerprint density at radius 2 is 1.70 bits per heavy atom. The molecule has 0 aromatic carbocycles. The Bertz CT molecular complexity index is 366. The van der Waals surface area contributed by atoms with E-state index in [1.54, 1.807) is 0 Å². The fourth-order valence-corrected chi connectivity index (χ4v) is 4.08. The predicted molar refractivity (Wildman–Crippen MR) is 84.8 cm³/mol. The zero-order valence-electron chi connectivity index (χ0n) is 14.3. The van der Waals surface area contributed by atoms with Crippen LogP contribution in [0.5, 0.6) is 0 Å². The summed E-state index contributed by atoms with van der Waals surface area (Å²) in [5.41, 5.74) is -0.0814. The first-order valence-corrected chi connectivity index (χ1v) is 8.49. The molecule has 0 spiro atoms.